The molecule has 1 aromatic carbocycles. The number of phenols is 1. The molecule has 0 unspecified atom stereocenters. The minimum atomic E-state index is -0.231. The Hall–Kier alpha value is -1.75. The topological polar surface area (TPSA) is 58.6 Å². The fourth-order valence-electron chi connectivity index (χ4n) is 1.22. The van der Waals surface area contributed by atoms with E-state index in [-0.39, 0.29) is 11.7 Å². The number of ether oxygens (including phenoxy) is 1. The third-order valence-electron chi connectivity index (χ3n) is 2.08. The number of amides is 1. The number of nitrogens with one attached hydrogen (secondary N) is 1. The van der Waals surface area contributed by atoms with Crippen molar-refractivity contribution in [3.05, 3.63) is 40.9 Å². The van der Waals surface area contributed by atoms with Crippen LogP contribution in [0.15, 0.2) is 35.3 Å². The first-order chi connectivity index (χ1) is 8.52. The maximum Gasteiger partial charge on any atom is 0.244 e. The lowest BCUT2D eigenvalue weighted by molar-refractivity contribution is -0.116. The van der Waals surface area contributed by atoms with Gasteiger partial charge in [-0.1, -0.05) is 28.6 Å². The quantitative estimate of drug-likeness (QED) is 0.821. The lowest BCUT2D eigenvalue weighted by atomic mass is 10.2. The smallest absolute Gasteiger partial charge is 0.244 e. The zero-order chi connectivity index (χ0) is 13.5. The van der Waals surface area contributed by atoms with Gasteiger partial charge in [0.1, 0.15) is 0 Å². The van der Waals surface area contributed by atoms with Crippen molar-refractivity contribution in [3.8, 4) is 11.5 Å². The zero-order valence-corrected chi connectivity index (χ0v) is 11.5. The number of halogens is 1. The number of hydrogen-bond donors (Lipinski definition) is 2. The monoisotopic (exact) mass is 311 g/mol. The summed E-state index contributed by atoms with van der Waals surface area (Å²) in [5.74, 6) is 0.201. The molecule has 0 radical (unpaired) electrons. The van der Waals surface area contributed by atoms with E-state index in [1.54, 1.807) is 18.2 Å². The number of benzene rings is 1. The van der Waals surface area contributed by atoms with Gasteiger partial charge in [0.15, 0.2) is 11.5 Å². The molecule has 2 N–H and O–H groups in total. The predicted octanol–water partition coefficient (Wildman–Crippen LogP) is 2.44. The van der Waals surface area contributed by atoms with Gasteiger partial charge < -0.3 is 15.2 Å². The molecule has 1 rings (SSSR count). The van der Waals surface area contributed by atoms with Gasteiger partial charge in [-0.3, -0.25) is 4.79 Å². The standard InChI is InChI=1S/C13H14BrNO3/c1-9(14)8-15-13(17)6-4-10-3-5-12(18-2)11(16)7-10/h3-7,16H,1,8H2,2H3,(H,15,17)/b6-4+. The molecule has 0 fully saturated rings. The summed E-state index contributed by atoms with van der Waals surface area (Å²) >= 11 is 3.14. The van der Waals surface area contributed by atoms with Crippen LogP contribution in [0.3, 0.4) is 0 Å². The van der Waals surface area contributed by atoms with Gasteiger partial charge in [-0.2, -0.15) is 0 Å². The largest absolute Gasteiger partial charge is 0.504 e. The summed E-state index contributed by atoms with van der Waals surface area (Å²) in [5.41, 5.74) is 0.709. The summed E-state index contributed by atoms with van der Waals surface area (Å²) in [6.07, 6.45) is 2.99. The van der Waals surface area contributed by atoms with E-state index in [2.05, 4.69) is 27.8 Å². The molecule has 0 saturated carbocycles. The summed E-state index contributed by atoms with van der Waals surface area (Å²) in [6, 6.07) is 4.89. The molecular weight excluding hydrogens is 298 g/mol. The molecule has 0 heterocycles. The molecule has 0 atom stereocenters. The van der Waals surface area contributed by atoms with Gasteiger partial charge in [0.25, 0.3) is 0 Å². The van der Waals surface area contributed by atoms with Gasteiger partial charge >= 0.3 is 0 Å². The third kappa shape index (κ3) is 4.63. The number of hydrogen-bond acceptors (Lipinski definition) is 3. The van der Waals surface area contributed by atoms with E-state index < -0.39 is 0 Å². The lowest BCUT2D eigenvalue weighted by Crippen LogP contribution is -2.21. The minimum absolute atomic E-state index is 0.0360. The first kappa shape index (κ1) is 14.3. The molecule has 18 heavy (non-hydrogen) atoms. The van der Waals surface area contributed by atoms with Crippen LogP contribution in [0.1, 0.15) is 5.56 Å². The molecule has 1 aromatic rings. The maximum absolute atomic E-state index is 11.4. The average Bonchev–Trinajstić information content (AvgIpc) is 2.34. The number of aromatic hydroxyl groups is 1. The van der Waals surface area contributed by atoms with Crippen LogP contribution >= 0.6 is 15.9 Å². The molecular formula is C13H14BrNO3. The summed E-state index contributed by atoms with van der Waals surface area (Å²) in [4.78, 5) is 11.4. The van der Waals surface area contributed by atoms with Crippen LogP contribution in [0.2, 0.25) is 0 Å². The second-order valence-corrected chi connectivity index (χ2v) is 4.62. The second-order valence-electron chi connectivity index (χ2n) is 3.50. The van der Waals surface area contributed by atoms with Crippen LogP contribution in [0, 0.1) is 0 Å². The van der Waals surface area contributed by atoms with Gasteiger partial charge in [0.05, 0.1) is 7.11 Å². The van der Waals surface area contributed by atoms with Crippen LogP contribution in [-0.2, 0) is 4.79 Å². The lowest BCUT2D eigenvalue weighted by Gasteiger charge is -2.03. The summed E-state index contributed by atoms with van der Waals surface area (Å²) in [5, 5.41) is 12.2. The molecule has 0 aliphatic carbocycles. The van der Waals surface area contributed by atoms with Crippen LogP contribution in [0.4, 0.5) is 0 Å². The number of carbonyl (C=O) groups excluding carboxylic acids is 1. The van der Waals surface area contributed by atoms with Crippen molar-refractivity contribution in [2.45, 2.75) is 0 Å². The number of rotatable bonds is 5. The maximum atomic E-state index is 11.4. The Kier molecular flexibility index (Phi) is 5.45. The van der Waals surface area contributed by atoms with Gasteiger partial charge in [-0.25, -0.2) is 0 Å². The Morgan fingerprint density at radius 1 is 1.61 bits per heavy atom. The highest BCUT2D eigenvalue weighted by Gasteiger charge is 2.01. The van der Waals surface area contributed by atoms with Gasteiger partial charge in [0.2, 0.25) is 5.91 Å². The molecule has 0 bridgehead atoms. The highest BCUT2D eigenvalue weighted by molar-refractivity contribution is 9.11. The predicted molar refractivity (Wildman–Crippen MR) is 74.8 cm³/mol. The molecule has 0 spiro atoms. The second kappa shape index (κ2) is 6.86. The normalized spacial score (nSPS) is 10.3. The molecule has 1 amide bonds. The van der Waals surface area contributed by atoms with Crippen molar-refractivity contribution in [3.63, 3.8) is 0 Å². The van der Waals surface area contributed by atoms with E-state index in [1.807, 2.05) is 0 Å². The first-order valence-corrected chi connectivity index (χ1v) is 5.98. The minimum Gasteiger partial charge on any atom is -0.504 e. The Morgan fingerprint density at radius 3 is 2.89 bits per heavy atom. The highest BCUT2D eigenvalue weighted by atomic mass is 79.9. The van der Waals surface area contributed by atoms with Crippen molar-refractivity contribution in [1.82, 2.24) is 5.32 Å². The summed E-state index contributed by atoms with van der Waals surface area (Å²) in [7, 11) is 1.48. The van der Waals surface area contributed by atoms with E-state index in [9.17, 15) is 9.90 Å². The van der Waals surface area contributed by atoms with E-state index >= 15 is 0 Å². The summed E-state index contributed by atoms with van der Waals surface area (Å²) in [6.45, 7) is 3.98. The third-order valence-corrected chi connectivity index (χ3v) is 2.36. The van der Waals surface area contributed by atoms with Crippen LogP contribution in [0.5, 0.6) is 11.5 Å². The van der Waals surface area contributed by atoms with Crippen LogP contribution in [-0.4, -0.2) is 24.7 Å². The van der Waals surface area contributed by atoms with Crippen LogP contribution < -0.4 is 10.1 Å². The molecule has 4 nitrogen and oxygen atoms in total. The van der Waals surface area contributed by atoms with E-state index in [0.29, 0.717) is 22.3 Å². The van der Waals surface area contributed by atoms with Crippen molar-refractivity contribution in [1.29, 1.82) is 0 Å². The number of phenolic OH excluding ortho intramolecular Hbond substituents is 1. The number of methoxy groups -OCH3 is 1. The molecule has 96 valence electrons. The van der Waals surface area contributed by atoms with Crippen molar-refractivity contribution in [2.24, 2.45) is 0 Å². The Balaban J connectivity index is 2.64. The SMILES string of the molecule is C=C(Br)CNC(=O)/C=C/c1ccc(OC)c(O)c1. The number of carbonyl (C=O) groups is 1. The summed E-state index contributed by atoms with van der Waals surface area (Å²) < 4.78 is 5.62. The van der Waals surface area contributed by atoms with Gasteiger partial charge in [-0.05, 0) is 23.8 Å². The highest BCUT2D eigenvalue weighted by Crippen LogP contribution is 2.26. The van der Waals surface area contributed by atoms with Crippen molar-refractivity contribution < 1.29 is 14.6 Å². The average molecular weight is 312 g/mol. The van der Waals surface area contributed by atoms with Crippen molar-refractivity contribution >= 4 is 27.9 Å². The van der Waals surface area contributed by atoms with Crippen molar-refractivity contribution in [2.75, 3.05) is 13.7 Å². The fraction of sp³-hybridized carbons (Fsp3) is 0.154. The fourth-order valence-corrected chi connectivity index (χ4v) is 1.36. The van der Waals surface area contributed by atoms with Crippen LogP contribution in [0.25, 0.3) is 6.08 Å². The molecule has 0 saturated heterocycles. The zero-order valence-electron chi connectivity index (χ0n) is 9.94. The van der Waals surface area contributed by atoms with Gasteiger partial charge in [-0.15, -0.1) is 0 Å². The molecule has 0 aliphatic heterocycles. The Labute approximate surface area is 114 Å². The van der Waals surface area contributed by atoms with E-state index in [4.69, 9.17) is 4.74 Å². The van der Waals surface area contributed by atoms with E-state index in [0.717, 1.165) is 0 Å². The molecule has 0 aromatic heterocycles. The van der Waals surface area contributed by atoms with E-state index in [1.165, 1.54) is 19.3 Å². The Morgan fingerprint density at radius 2 is 2.33 bits per heavy atom. The first-order valence-electron chi connectivity index (χ1n) is 5.19. The molecule has 0 aliphatic rings. The molecule has 5 heteroatoms. The Bertz CT molecular complexity index is 483. The van der Waals surface area contributed by atoms with Gasteiger partial charge in [0, 0.05) is 17.1 Å².